The number of nitrogens with zero attached hydrogens (tertiary/aromatic N) is 1. The summed E-state index contributed by atoms with van der Waals surface area (Å²) in [6.45, 7) is 13.8. The smallest absolute Gasteiger partial charge is 0.124 e. The SMILES string of the molecule is C=CC(C)(CCC)O/C(=C/C=NC)C(=C)C. The summed E-state index contributed by atoms with van der Waals surface area (Å²) in [6, 6.07) is 0. The van der Waals surface area contributed by atoms with Crippen LogP contribution in [0.25, 0.3) is 0 Å². The highest BCUT2D eigenvalue weighted by Crippen LogP contribution is 2.24. The van der Waals surface area contributed by atoms with Crippen LogP contribution in [0.1, 0.15) is 33.6 Å². The van der Waals surface area contributed by atoms with E-state index in [0.29, 0.717) is 0 Å². The molecule has 0 bridgehead atoms. The third-order valence-corrected chi connectivity index (χ3v) is 2.32. The number of hydrogen-bond acceptors (Lipinski definition) is 2. The monoisotopic (exact) mass is 221 g/mol. The van der Waals surface area contributed by atoms with E-state index in [-0.39, 0.29) is 5.60 Å². The van der Waals surface area contributed by atoms with E-state index in [9.17, 15) is 0 Å². The Balaban J connectivity index is 4.85. The zero-order valence-electron chi connectivity index (χ0n) is 10.9. The first-order valence-corrected chi connectivity index (χ1v) is 5.60. The lowest BCUT2D eigenvalue weighted by Gasteiger charge is -2.28. The van der Waals surface area contributed by atoms with E-state index in [1.54, 1.807) is 13.3 Å². The summed E-state index contributed by atoms with van der Waals surface area (Å²) >= 11 is 0. The van der Waals surface area contributed by atoms with Crippen LogP contribution in [0.5, 0.6) is 0 Å². The van der Waals surface area contributed by atoms with Crippen LogP contribution in [0.3, 0.4) is 0 Å². The van der Waals surface area contributed by atoms with Crippen LogP contribution < -0.4 is 0 Å². The van der Waals surface area contributed by atoms with Crippen molar-refractivity contribution in [3.8, 4) is 0 Å². The maximum atomic E-state index is 5.94. The van der Waals surface area contributed by atoms with Crippen molar-refractivity contribution in [2.45, 2.75) is 39.2 Å². The number of ether oxygens (including phenoxy) is 1. The second kappa shape index (κ2) is 7.04. The van der Waals surface area contributed by atoms with Gasteiger partial charge in [0, 0.05) is 13.3 Å². The van der Waals surface area contributed by atoms with Crippen LogP contribution in [0.15, 0.2) is 41.6 Å². The van der Waals surface area contributed by atoms with Crippen molar-refractivity contribution in [3.63, 3.8) is 0 Å². The average Bonchev–Trinajstić information content (AvgIpc) is 2.24. The lowest BCUT2D eigenvalue weighted by molar-refractivity contribution is 0.0587. The zero-order chi connectivity index (χ0) is 12.6. The molecule has 0 fully saturated rings. The normalized spacial score (nSPS) is 15.9. The van der Waals surface area contributed by atoms with Gasteiger partial charge in [-0.25, -0.2) is 0 Å². The van der Waals surface area contributed by atoms with Gasteiger partial charge >= 0.3 is 0 Å². The Morgan fingerprint density at radius 2 is 2.12 bits per heavy atom. The molecule has 16 heavy (non-hydrogen) atoms. The fourth-order valence-electron chi connectivity index (χ4n) is 1.35. The average molecular weight is 221 g/mol. The molecule has 0 aromatic rings. The van der Waals surface area contributed by atoms with Gasteiger partial charge in [0.2, 0.25) is 0 Å². The standard InChI is InChI=1S/C14H23NO/c1-7-10-14(5,8-2)16-13(12(3)4)9-11-15-6/h8-9,11H,2-3,7,10H2,1,4-6H3/b13-9+,15-11?. The fourth-order valence-corrected chi connectivity index (χ4v) is 1.35. The summed E-state index contributed by atoms with van der Waals surface area (Å²) in [6.07, 6.45) is 7.37. The molecule has 1 unspecified atom stereocenters. The highest BCUT2D eigenvalue weighted by atomic mass is 16.5. The molecule has 2 nitrogen and oxygen atoms in total. The summed E-state index contributed by atoms with van der Waals surface area (Å²) < 4.78 is 5.94. The van der Waals surface area contributed by atoms with Crippen molar-refractivity contribution < 1.29 is 4.74 Å². The first-order chi connectivity index (χ1) is 7.49. The molecule has 90 valence electrons. The van der Waals surface area contributed by atoms with E-state index in [1.165, 1.54) is 0 Å². The highest BCUT2D eigenvalue weighted by molar-refractivity contribution is 5.72. The number of rotatable bonds is 7. The predicted molar refractivity (Wildman–Crippen MR) is 71.9 cm³/mol. The van der Waals surface area contributed by atoms with E-state index < -0.39 is 0 Å². The Kier molecular flexibility index (Phi) is 6.47. The first kappa shape index (κ1) is 14.7. The first-order valence-electron chi connectivity index (χ1n) is 5.60. The second-order valence-corrected chi connectivity index (χ2v) is 4.09. The van der Waals surface area contributed by atoms with E-state index in [1.807, 2.05) is 26.0 Å². The molecule has 0 saturated heterocycles. The van der Waals surface area contributed by atoms with Gasteiger partial charge in [0.25, 0.3) is 0 Å². The van der Waals surface area contributed by atoms with E-state index in [2.05, 4.69) is 25.1 Å². The van der Waals surface area contributed by atoms with Crippen molar-refractivity contribution in [1.29, 1.82) is 0 Å². The van der Waals surface area contributed by atoms with Crippen LogP contribution in [0.2, 0.25) is 0 Å². The van der Waals surface area contributed by atoms with Crippen LogP contribution >= 0.6 is 0 Å². The van der Waals surface area contributed by atoms with Crippen LogP contribution in [-0.4, -0.2) is 18.9 Å². The molecule has 0 rings (SSSR count). The van der Waals surface area contributed by atoms with Crippen LogP contribution in [0, 0.1) is 0 Å². The summed E-state index contributed by atoms with van der Waals surface area (Å²) in [5, 5.41) is 0. The molecule has 0 aliphatic heterocycles. The molecule has 2 heteroatoms. The van der Waals surface area contributed by atoms with Crippen LogP contribution in [-0.2, 0) is 4.74 Å². The predicted octanol–water partition coefficient (Wildman–Crippen LogP) is 3.91. The van der Waals surface area contributed by atoms with E-state index in [0.717, 1.165) is 24.2 Å². The van der Waals surface area contributed by atoms with Gasteiger partial charge in [-0.15, -0.1) is 0 Å². The van der Waals surface area contributed by atoms with Gasteiger partial charge in [-0.05, 0) is 38.0 Å². The summed E-state index contributed by atoms with van der Waals surface area (Å²) in [5.41, 5.74) is 0.560. The molecule has 0 aliphatic rings. The van der Waals surface area contributed by atoms with E-state index >= 15 is 0 Å². The molecular formula is C14H23NO. The Labute approximate surface area is 99.4 Å². The number of hydrogen-bond donors (Lipinski definition) is 0. The molecule has 0 aromatic carbocycles. The van der Waals surface area contributed by atoms with Crippen molar-refractivity contribution in [1.82, 2.24) is 0 Å². The molecule has 0 aliphatic carbocycles. The lowest BCUT2D eigenvalue weighted by atomic mass is 10.0. The van der Waals surface area contributed by atoms with Gasteiger partial charge in [-0.2, -0.15) is 0 Å². The molecule has 0 heterocycles. The molecule has 0 N–H and O–H groups in total. The molecule has 0 radical (unpaired) electrons. The minimum atomic E-state index is -0.332. The number of aliphatic imine (C=N–C) groups is 1. The van der Waals surface area contributed by atoms with E-state index in [4.69, 9.17) is 4.74 Å². The summed E-state index contributed by atoms with van der Waals surface area (Å²) in [4.78, 5) is 3.91. The molecule has 0 aromatic heterocycles. The Morgan fingerprint density at radius 1 is 1.50 bits per heavy atom. The van der Waals surface area contributed by atoms with Crippen molar-refractivity contribution in [3.05, 3.63) is 36.6 Å². The molecule has 0 spiro atoms. The molecular weight excluding hydrogens is 198 g/mol. The molecule has 1 atom stereocenters. The Bertz CT molecular complexity index is 302. The topological polar surface area (TPSA) is 21.6 Å². The molecule has 0 amide bonds. The van der Waals surface area contributed by atoms with Crippen molar-refractivity contribution >= 4 is 6.21 Å². The second-order valence-electron chi connectivity index (χ2n) is 4.09. The summed E-state index contributed by atoms with van der Waals surface area (Å²) in [7, 11) is 1.73. The van der Waals surface area contributed by atoms with Crippen LogP contribution in [0.4, 0.5) is 0 Å². The minimum Gasteiger partial charge on any atom is -0.483 e. The van der Waals surface area contributed by atoms with Gasteiger partial charge in [-0.1, -0.05) is 26.5 Å². The number of allylic oxidation sites excluding steroid dienone is 2. The summed E-state index contributed by atoms with van der Waals surface area (Å²) in [5.74, 6) is 0.765. The van der Waals surface area contributed by atoms with Gasteiger partial charge in [0.15, 0.2) is 0 Å². The third-order valence-electron chi connectivity index (χ3n) is 2.32. The Morgan fingerprint density at radius 3 is 2.50 bits per heavy atom. The minimum absolute atomic E-state index is 0.332. The maximum absolute atomic E-state index is 5.94. The lowest BCUT2D eigenvalue weighted by Crippen LogP contribution is -2.25. The van der Waals surface area contributed by atoms with Crippen molar-refractivity contribution in [2.75, 3.05) is 7.05 Å². The van der Waals surface area contributed by atoms with Gasteiger partial charge < -0.3 is 4.74 Å². The maximum Gasteiger partial charge on any atom is 0.124 e. The molecule has 0 saturated carbocycles. The Hall–Kier alpha value is -1.31. The fraction of sp³-hybridized carbons (Fsp3) is 0.500. The van der Waals surface area contributed by atoms with Gasteiger partial charge in [0.1, 0.15) is 11.4 Å². The van der Waals surface area contributed by atoms with Gasteiger partial charge in [-0.3, -0.25) is 4.99 Å². The quantitative estimate of drug-likeness (QED) is 0.276. The third kappa shape index (κ3) is 4.96. The zero-order valence-corrected chi connectivity index (χ0v) is 10.9. The van der Waals surface area contributed by atoms with Gasteiger partial charge in [0.05, 0.1) is 0 Å². The highest BCUT2D eigenvalue weighted by Gasteiger charge is 2.22. The van der Waals surface area contributed by atoms with Crippen molar-refractivity contribution in [2.24, 2.45) is 4.99 Å². The largest absolute Gasteiger partial charge is 0.483 e.